The van der Waals surface area contributed by atoms with Crippen LogP contribution in [0.2, 0.25) is 5.02 Å². The van der Waals surface area contributed by atoms with Gasteiger partial charge in [0, 0.05) is 23.8 Å². The van der Waals surface area contributed by atoms with E-state index >= 15 is 0 Å². The van der Waals surface area contributed by atoms with Crippen LogP contribution in [-0.4, -0.2) is 33.0 Å². The van der Waals surface area contributed by atoms with Crippen LogP contribution in [0, 0.1) is 11.3 Å². The van der Waals surface area contributed by atoms with Crippen LogP contribution >= 0.6 is 23.4 Å². The van der Waals surface area contributed by atoms with E-state index in [1.54, 1.807) is 4.90 Å². The van der Waals surface area contributed by atoms with Gasteiger partial charge >= 0.3 is 0 Å². The van der Waals surface area contributed by atoms with Gasteiger partial charge in [0.05, 0.1) is 23.3 Å². The molecule has 0 bridgehead atoms. The number of hydrogen-bond donors (Lipinski definition) is 0. The molecule has 0 unspecified atom stereocenters. The van der Waals surface area contributed by atoms with Crippen molar-refractivity contribution < 1.29 is 4.79 Å². The number of aromatic nitrogens is 3. The Morgan fingerprint density at radius 3 is 2.56 bits per heavy atom. The van der Waals surface area contributed by atoms with Crippen molar-refractivity contribution in [2.75, 3.05) is 17.2 Å². The minimum Gasteiger partial charge on any atom is -0.311 e. The van der Waals surface area contributed by atoms with E-state index in [1.165, 1.54) is 24.6 Å². The van der Waals surface area contributed by atoms with Crippen LogP contribution in [0.15, 0.2) is 59.8 Å². The third kappa shape index (κ3) is 4.98. The highest BCUT2D eigenvalue weighted by Crippen LogP contribution is 2.38. The molecule has 0 atom stereocenters. The first-order valence-electron chi connectivity index (χ1n) is 10.7. The Bertz CT molecular complexity index is 1110. The van der Waals surface area contributed by atoms with E-state index in [-0.39, 0.29) is 18.1 Å². The lowest BCUT2D eigenvalue weighted by atomic mass is 10.2. The number of nitriles is 1. The zero-order valence-corrected chi connectivity index (χ0v) is 19.2. The summed E-state index contributed by atoms with van der Waals surface area (Å²) in [5, 5.41) is 19.3. The van der Waals surface area contributed by atoms with Crippen molar-refractivity contribution in [1.29, 1.82) is 5.26 Å². The highest BCUT2D eigenvalue weighted by Gasteiger charge is 2.26. The van der Waals surface area contributed by atoms with E-state index in [9.17, 15) is 4.79 Å². The van der Waals surface area contributed by atoms with Crippen molar-refractivity contribution in [1.82, 2.24) is 14.8 Å². The molecule has 3 aromatic rings. The fraction of sp³-hybridized carbons (Fsp3) is 0.333. The quantitative estimate of drug-likeness (QED) is 0.396. The van der Waals surface area contributed by atoms with E-state index in [4.69, 9.17) is 16.9 Å². The Morgan fingerprint density at radius 1 is 1.12 bits per heavy atom. The molecule has 1 fully saturated rings. The lowest BCUT2D eigenvalue weighted by Crippen LogP contribution is -2.33. The molecule has 0 aliphatic heterocycles. The lowest BCUT2D eigenvalue weighted by Gasteiger charge is -2.22. The monoisotopic (exact) mass is 465 g/mol. The topological polar surface area (TPSA) is 74.8 Å². The molecule has 6 nitrogen and oxygen atoms in total. The molecule has 1 aliphatic rings. The average molecular weight is 466 g/mol. The maximum atomic E-state index is 13.1. The summed E-state index contributed by atoms with van der Waals surface area (Å²) < 4.78 is 2.16. The van der Waals surface area contributed by atoms with Gasteiger partial charge in [0.2, 0.25) is 5.91 Å². The van der Waals surface area contributed by atoms with Crippen molar-refractivity contribution in [3.63, 3.8) is 0 Å². The van der Waals surface area contributed by atoms with Crippen molar-refractivity contribution >= 4 is 35.0 Å². The summed E-state index contributed by atoms with van der Waals surface area (Å²) in [5.74, 6) is 0.909. The van der Waals surface area contributed by atoms with Crippen LogP contribution < -0.4 is 4.90 Å². The molecule has 2 aromatic carbocycles. The van der Waals surface area contributed by atoms with E-state index in [2.05, 4.69) is 20.8 Å². The molecule has 1 aliphatic carbocycles. The summed E-state index contributed by atoms with van der Waals surface area (Å²) in [6.45, 7) is 0.361. The number of hydrogen-bond acceptors (Lipinski definition) is 5. The number of nitrogens with zero attached hydrogens (tertiary/aromatic N) is 5. The summed E-state index contributed by atoms with van der Waals surface area (Å²) in [5.41, 5.74) is 1.65. The van der Waals surface area contributed by atoms with Crippen LogP contribution in [0.1, 0.15) is 38.1 Å². The van der Waals surface area contributed by atoms with Gasteiger partial charge in [0.15, 0.2) is 11.0 Å². The lowest BCUT2D eigenvalue weighted by molar-refractivity contribution is -0.116. The van der Waals surface area contributed by atoms with Gasteiger partial charge in [0.25, 0.3) is 0 Å². The van der Waals surface area contributed by atoms with Crippen molar-refractivity contribution in [3.05, 3.63) is 59.6 Å². The summed E-state index contributed by atoms with van der Waals surface area (Å²) in [4.78, 5) is 14.8. The molecule has 1 amide bonds. The highest BCUT2D eigenvalue weighted by molar-refractivity contribution is 7.99. The molecule has 0 spiro atoms. The number of carbonyl (C=O) groups excluding carboxylic acids is 1. The second-order valence-corrected chi connectivity index (χ2v) is 9.02. The van der Waals surface area contributed by atoms with Crippen LogP contribution in [0.4, 0.5) is 5.69 Å². The van der Waals surface area contributed by atoms with Gasteiger partial charge in [-0.3, -0.25) is 9.36 Å². The molecule has 4 rings (SSSR count). The van der Waals surface area contributed by atoms with Gasteiger partial charge in [-0.15, -0.1) is 10.2 Å². The Labute approximate surface area is 197 Å². The smallest absolute Gasteiger partial charge is 0.237 e. The number of carbonyl (C=O) groups is 1. The number of thioether (sulfide) groups is 1. The maximum absolute atomic E-state index is 13.1. The number of para-hydroxylation sites is 1. The molecular weight excluding hydrogens is 442 g/mol. The van der Waals surface area contributed by atoms with Gasteiger partial charge in [-0.25, -0.2) is 0 Å². The second kappa shape index (κ2) is 10.7. The minimum atomic E-state index is -0.0586. The Morgan fingerprint density at radius 2 is 1.84 bits per heavy atom. The predicted octanol–water partition coefficient (Wildman–Crippen LogP) is 5.75. The third-order valence-corrected chi connectivity index (χ3v) is 6.87. The first-order chi connectivity index (χ1) is 15.7. The predicted molar refractivity (Wildman–Crippen MR) is 128 cm³/mol. The van der Waals surface area contributed by atoms with Crippen LogP contribution in [-0.2, 0) is 4.79 Å². The number of benzene rings is 2. The molecule has 32 heavy (non-hydrogen) atoms. The standard InChI is InChI=1S/C24H24ClN5OS/c25-21-14-7-6-13-20(21)23-27-28-24(30(23)19-11-4-5-12-19)32-17-22(31)29(16-8-15-26)18-9-2-1-3-10-18/h1-3,6-7,9-10,13-14,19H,4-5,8,11-12,16-17H2. The molecule has 8 heteroatoms. The fourth-order valence-corrected chi connectivity index (χ4v) is 5.17. The largest absolute Gasteiger partial charge is 0.311 e. The number of halogens is 1. The Kier molecular flexibility index (Phi) is 7.46. The zero-order valence-electron chi connectivity index (χ0n) is 17.7. The summed E-state index contributed by atoms with van der Waals surface area (Å²) in [6, 6.07) is 19.5. The SMILES string of the molecule is N#CCCN(C(=O)CSc1nnc(-c2ccccc2Cl)n1C1CCCC1)c1ccccc1. The van der Waals surface area contributed by atoms with Crippen LogP contribution in [0.25, 0.3) is 11.4 Å². The van der Waals surface area contributed by atoms with Gasteiger partial charge in [-0.1, -0.05) is 66.5 Å². The number of amides is 1. The fourth-order valence-electron chi connectivity index (χ4n) is 4.07. The van der Waals surface area contributed by atoms with E-state index in [0.717, 1.165) is 35.1 Å². The summed E-state index contributed by atoms with van der Waals surface area (Å²) >= 11 is 7.85. The number of rotatable bonds is 8. The van der Waals surface area contributed by atoms with Gasteiger partial charge < -0.3 is 4.90 Å². The molecule has 0 N–H and O–H groups in total. The van der Waals surface area contributed by atoms with Crippen molar-refractivity contribution in [3.8, 4) is 17.5 Å². The van der Waals surface area contributed by atoms with Gasteiger partial charge in [-0.2, -0.15) is 5.26 Å². The molecule has 1 saturated carbocycles. The first kappa shape index (κ1) is 22.4. The molecule has 0 radical (unpaired) electrons. The van der Waals surface area contributed by atoms with E-state index < -0.39 is 0 Å². The van der Waals surface area contributed by atoms with Gasteiger partial charge in [-0.05, 0) is 37.1 Å². The maximum Gasteiger partial charge on any atom is 0.237 e. The van der Waals surface area contributed by atoms with E-state index in [1.807, 2.05) is 54.6 Å². The Balaban J connectivity index is 1.58. The zero-order chi connectivity index (χ0) is 22.3. The molecule has 1 heterocycles. The van der Waals surface area contributed by atoms with Gasteiger partial charge in [0.1, 0.15) is 0 Å². The molecule has 164 valence electrons. The molecule has 1 aromatic heterocycles. The summed E-state index contributed by atoms with van der Waals surface area (Å²) in [7, 11) is 0. The van der Waals surface area contributed by atoms with Crippen LogP contribution in [0.3, 0.4) is 0 Å². The molecule has 0 saturated heterocycles. The summed E-state index contributed by atoms with van der Waals surface area (Å²) in [6.07, 6.45) is 4.75. The van der Waals surface area contributed by atoms with Crippen molar-refractivity contribution in [2.24, 2.45) is 0 Å². The minimum absolute atomic E-state index is 0.0586. The first-order valence-corrected chi connectivity index (χ1v) is 12.1. The number of anilines is 1. The van der Waals surface area contributed by atoms with E-state index in [0.29, 0.717) is 17.6 Å². The normalized spacial score (nSPS) is 13.8. The van der Waals surface area contributed by atoms with Crippen molar-refractivity contribution in [2.45, 2.75) is 43.3 Å². The molecular formula is C24H24ClN5OS. The Hall–Kier alpha value is -2.82. The second-order valence-electron chi connectivity index (χ2n) is 7.67. The highest BCUT2D eigenvalue weighted by atomic mass is 35.5. The third-order valence-electron chi connectivity index (χ3n) is 5.61. The van der Waals surface area contributed by atoms with Crippen LogP contribution in [0.5, 0.6) is 0 Å². The average Bonchev–Trinajstić information content (AvgIpc) is 3.49.